The molecule has 3 rings (SSSR count). The first-order chi connectivity index (χ1) is 9.66. The zero-order valence-electron chi connectivity index (χ0n) is 12.7. The van der Waals surface area contributed by atoms with Crippen molar-refractivity contribution < 1.29 is 0 Å². The van der Waals surface area contributed by atoms with E-state index < -0.39 is 0 Å². The van der Waals surface area contributed by atoms with Gasteiger partial charge in [0, 0.05) is 11.3 Å². The van der Waals surface area contributed by atoms with Gasteiger partial charge in [0.05, 0.1) is 18.8 Å². The van der Waals surface area contributed by atoms with Gasteiger partial charge in [-0.3, -0.25) is 9.98 Å². The number of nitrogens with one attached hydrogen (secondary N) is 1. The predicted molar refractivity (Wildman–Crippen MR) is 87.7 cm³/mol. The molecule has 0 radical (unpaired) electrons. The van der Waals surface area contributed by atoms with Crippen LogP contribution >= 0.6 is 11.8 Å². The first-order valence-electron chi connectivity index (χ1n) is 7.85. The van der Waals surface area contributed by atoms with Gasteiger partial charge in [0.2, 0.25) is 0 Å². The zero-order chi connectivity index (χ0) is 14.1. The fourth-order valence-corrected chi connectivity index (χ4v) is 5.03. The molecule has 5 atom stereocenters. The number of aliphatic imine (C=N–C) groups is 2. The minimum Gasteiger partial charge on any atom is -0.335 e. The summed E-state index contributed by atoms with van der Waals surface area (Å²) < 4.78 is 0. The van der Waals surface area contributed by atoms with Crippen molar-refractivity contribution in [3.05, 3.63) is 0 Å². The lowest BCUT2D eigenvalue weighted by atomic mass is 9.90. The van der Waals surface area contributed by atoms with E-state index in [0.29, 0.717) is 28.5 Å². The topological polar surface area (TPSA) is 40.0 Å². The first kappa shape index (κ1) is 14.4. The number of fused-ring (bicyclic) bond motifs is 1. The van der Waals surface area contributed by atoms with E-state index in [-0.39, 0.29) is 0 Å². The summed E-state index contributed by atoms with van der Waals surface area (Å²) in [6, 6.07) is 0.622. The molecule has 20 heavy (non-hydrogen) atoms. The van der Waals surface area contributed by atoms with E-state index in [4.69, 9.17) is 4.99 Å². The second-order valence-corrected chi connectivity index (χ2v) is 7.89. The third kappa shape index (κ3) is 2.75. The number of likely N-dealkylation sites (tertiary alicyclic amines) is 1. The molecule has 2 fully saturated rings. The van der Waals surface area contributed by atoms with E-state index in [1.807, 2.05) is 18.1 Å². The number of hydrogen-bond acceptors (Lipinski definition) is 4. The molecule has 4 nitrogen and oxygen atoms in total. The molecule has 5 unspecified atom stereocenters. The molecule has 3 heterocycles. The van der Waals surface area contributed by atoms with Crippen molar-refractivity contribution in [1.29, 1.82) is 0 Å². The maximum atomic E-state index is 4.94. The Balaban J connectivity index is 1.69. The second-order valence-electron chi connectivity index (χ2n) is 6.40. The average Bonchev–Trinajstić information content (AvgIpc) is 2.74. The zero-order valence-corrected chi connectivity index (χ0v) is 13.6. The van der Waals surface area contributed by atoms with Crippen molar-refractivity contribution in [1.82, 2.24) is 10.2 Å². The third-order valence-electron chi connectivity index (χ3n) is 5.11. The number of nitrogens with zero attached hydrogens (tertiary/aromatic N) is 3. The number of rotatable bonds is 2. The van der Waals surface area contributed by atoms with Crippen molar-refractivity contribution >= 4 is 23.9 Å². The van der Waals surface area contributed by atoms with Crippen molar-refractivity contribution in [3.8, 4) is 0 Å². The van der Waals surface area contributed by atoms with E-state index >= 15 is 0 Å². The fourth-order valence-electron chi connectivity index (χ4n) is 3.49. The highest BCUT2D eigenvalue weighted by atomic mass is 32.2. The Bertz CT molecular complexity index is 409. The Morgan fingerprint density at radius 3 is 3.10 bits per heavy atom. The van der Waals surface area contributed by atoms with Crippen LogP contribution in [0, 0.1) is 11.8 Å². The van der Waals surface area contributed by atoms with Crippen LogP contribution in [0.1, 0.15) is 33.1 Å². The van der Waals surface area contributed by atoms with Gasteiger partial charge in [0.1, 0.15) is 11.2 Å². The molecule has 3 aliphatic heterocycles. The van der Waals surface area contributed by atoms with Crippen molar-refractivity contribution in [2.75, 3.05) is 20.1 Å². The van der Waals surface area contributed by atoms with Gasteiger partial charge in [-0.25, -0.2) is 0 Å². The van der Waals surface area contributed by atoms with E-state index in [1.165, 1.54) is 31.6 Å². The Morgan fingerprint density at radius 1 is 1.45 bits per heavy atom. The molecule has 0 saturated carbocycles. The summed E-state index contributed by atoms with van der Waals surface area (Å²) in [7, 11) is 2.23. The first-order valence-corrected chi connectivity index (χ1v) is 8.79. The lowest BCUT2D eigenvalue weighted by Gasteiger charge is -2.32. The molecule has 0 aromatic heterocycles. The van der Waals surface area contributed by atoms with Gasteiger partial charge in [-0.2, -0.15) is 0 Å². The van der Waals surface area contributed by atoms with Crippen molar-refractivity contribution in [2.24, 2.45) is 21.8 Å². The molecule has 0 aromatic rings. The van der Waals surface area contributed by atoms with Gasteiger partial charge in [-0.15, -0.1) is 11.8 Å². The van der Waals surface area contributed by atoms with Crippen molar-refractivity contribution in [2.45, 2.75) is 49.8 Å². The third-order valence-corrected chi connectivity index (χ3v) is 6.66. The summed E-state index contributed by atoms with van der Waals surface area (Å²) in [6.45, 7) is 6.81. The van der Waals surface area contributed by atoms with Crippen LogP contribution in [-0.4, -0.2) is 53.9 Å². The van der Waals surface area contributed by atoms with Crippen LogP contribution in [0.5, 0.6) is 0 Å². The highest BCUT2D eigenvalue weighted by molar-refractivity contribution is 8.00. The summed E-state index contributed by atoms with van der Waals surface area (Å²) >= 11 is 1.99. The lowest BCUT2D eigenvalue weighted by Crippen LogP contribution is -2.43. The van der Waals surface area contributed by atoms with Gasteiger partial charge >= 0.3 is 0 Å². The van der Waals surface area contributed by atoms with Gasteiger partial charge in [-0.1, -0.05) is 20.3 Å². The van der Waals surface area contributed by atoms with Crippen LogP contribution < -0.4 is 5.32 Å². The van der Waals surface area contributed by atoms with Crippen LogP contribution in [0.4, 0.5) is 0 Å². The summed E-state index contributed by atoms with van der Waals surface area (Å²) in [5.41, 5.74) is 0. The van der Waals surface area contributed by atoms with Crippen LogP contribution in [0.25, 0.3) is 0 Å². The summed E-state index contributed by atoms with van der Waals surface area (Å²) in [6.07, 6.45) is 5.83. The van der Waals surface area contributed by atoms with Gasteiger partial charge in [-0.05, 0) is 32.4 Å². The van der Waals surface area contributed by atoms with Crippen molar-refractivity contribution in [3.63, 3.8) is 0 Å². The Morgan fingerprint density at radius 2 is 2.30 bits per heavy atom. The summed E-state index contributed by atoms with van der Waals surface area (Å²) in [4.78, 5) is 12.0. The number of piperidine rings is 1. The normalized spacial score (nSPS) is 43.5. The van der Waals surface area contributed by atoms with E-state index in [0.717, 1.165) is 6.54 Å². The molecule has 5 heteroatoms. The molecular formula is C15H26N4S. The number of likely N-dealkylation sites (N-methyl/N-ethyl adjacent to an activating group) is 1. The van der Waals surface area contributed by atoms with Gasteiger partial charge < -0.3 is 10.2 Å². The number of hydrogen-bond donors (Lipinski definition) is 1. The number of thioether (sulfide) groups is 1. The molecule has 112 valence electrons. The number of amidine groups is 1. The maximum Gasteiger partial charge on any atom is 0.108 e. The molecule has 0 aromatic carbocycles. The standard InChI is InChI=1S/C15H26N4S/c1-10-11(2)20-15-13(10)14(17-9-18-15)16-8-12-6-4-5-7-19(12)3/h9-13,15H,4-8H2,1-3H3,(H,16,17,18). The maximum absolute atomic E-state index is 4.94. The molecule has 0 spiro atoms. The van der Waals surface area contributed by atoms with Crippen LogP contribution in [0.15, 0.2) is 9.98 Å². The van der Waals surface area contributed by atoms with Crippen LogP contribution in [-0.2, 0) is 0 Å². The molecular weight excluding hydrogens is 268 g/mol. The Hall–Kier alpha value is -0.550. The largest absolute Gasteiger partial charge is 0.335 e. The van der Waals surface area contributed by atoms with Crippen LogP contribution in [0.3, 0.4) is 0 Å². The Kier molecular flexibility index (Phi) is 4.36. The van der Waals surface area contributed by atoms with E-state index in [2.05, 4.69) is 36.1 Å². The highest BCUT2D eigenvalue weighted by Crippen LogP contribution is 2.44. The molecule has 0 amide bonds. The lowest BCUT2D eigenvalue weighted by molar-refractivity contribution is 0.191. The monoisotopic (exact) mass is 294 g/mol. The Labute approximate surface area is 126 Å². The summed E-state index contributed by atoms with van der Waals surface area (Å²) in [5.74, 6) is 2.31. The van der Waals surface area contributed by atoms with E-state index in [1.54, 1.807) is 0 Å². The fraction of sp³-hybridized carbons (Fsp3) is 0.867. The average molecular weight is 294 g/mol. The molecule has 0 aliphatic carbocycles. The molecule has 2 saturated heterocycles. The van der Waals surface area contributed by atoms with Gasteiger partial charge in [0.25, 0.3) is 0 Å². The quantitative estimate of drug-likeness (QED) is 0.849. The minimum atomic E-state index is 0.379. The molecule has 1 N–H and O–H groups in total. The second kappa shape index (κ2) is 6.06. The molecule has 3 aliphatic rings. The van der Waals surface area contributed by atoms with E-state index in [9.17, 15) is 0 Å². The summed E-state index contributed by atoms with van der Waals surface area (Å²) in [5, 5.41) is 4.37. The predicted octanol–water partition coefficient (Wildman–Crippen LogP) is 2.21. The van der Waals surface area contributed by atoms with Gasteiger partial charge in [0.15, 0.2) is 0 Å². The smallest absolute Gasteiger partial charge is 0.108 e. The highest BCUT2D eigenvalue weighted by Gasteiger charge is 2.43. The SMILES string of the molecule is CC1SC2N=CNC(=NCC3CCCCN3C)C2C1C. The minimum absolute atomic E-state index is 0.379. The molecule has 0 bridgehead atoms. The van der Waals surface area contributed by atoms with Crippen LogP contribution in [0.2, 0.25) is 0 Å².